The Morgan fingerprint density at radius 3 is 1.44 bits per heavy atom. The standard InChI is InChI=1S/C26H25FN4O2.C16H18N2O3.C10H9FN2.ClH/c1-15-8-16(2)22(9-21(15)23-17(3)29-24(30-23)19-11-33-12-19)25(32)31-13-26(27,14-31)20-6-4-18(10-28)5-7-20;1-8-4-9(2)13(16(19)20)5-12(8)14-10(3)17-15(18-14)11-6-21-7-11;11-10(6-13-7-10)9-3-1-8(5-12)2-4-9;/h4-9,19H,11-14H2,1-3H3,(H,29,30);4-5,11H,6-7H2,1-3H3,(H,17,18)(H,19,20);1-4,13H,6-7H2;1H. The summed E-state index contributed by atoms with van der Waals surface area (Å²) in [5.41, 5.74) is 9.34. The number of aromatic carboxylic acids is 1. The van der Waals surface area contributed by atoms with Gasteiger partial charge in [0.1, 0.15) is 11.6 Å². The number of nitrogens with zero attached hydrogens (tertiary/aromatic N) is 5. The number of aromatic nitrogens is 4. The lowest BCUT2D eigenvalue weighted by atomic mass is 9.86. The summed E-state index contributed by atoms with van der Waals surface area (Å²) in [6, 6.07) is 24.7. The summed E-state index contributed by atoms with van der Waals surface area (Å²) in [6.07, 6.45) is 0. The van der Waals surface area contributed by atoms with Gasteiger partial charge < -0.3 is 34.8 Å². The van der Waals surface area contributed by atoms with Crippen molar-refractivity contribution in [1.82, 2.24) is 30.2 Å². The van der Waals surface area contributed by atoms with Crippen LogP contribution in [0.3, 0.4) is 0 Å². The smallest absolute Gasteiger partial charge is 0.335 e. The van der Waals surface area contributed by atoms with Gasteiger partial charge in [0, 0.05) is 41.2 Å². The number of imidazole rings is 2. The number of H-pyrrole nitrogens is 2. The molecule has 6 aromatic rings. The van der Waals surface area contributed by atoms with Gasteiger partial charge in [-0.25, -0.2) is 23.5 Å². The number of amides is 1. The van der Waals surface area contributed by atoms with Crippen LogP contribution < -0.4 is 5.32 Å². The highest BCUT2D eigenvalue weighted by atomic mass is 35.5. The largest absolute Gasteiger partial charge is 0.478 e. The Bertz CT molecular complexity index is 2940. The summed E-state index contributed by atoms with van der Waals surface area (Å²) in [4.78, 5) is 42.3. The van der Waals surface area contributed by atoms with Crippen LogP contribution >= 0.6 is 12.4 Å². The molecule has 4 aliphatic heterocycles. The summed E-state index contributed by atoms with van der Waals surface area (Å²) in [7, 11) is 0. The van der Waals surface area contributed by atoms with Gasteiger partial charge in [0.15, 0.2) is 11.3 Å². The average Bonchev–Trinajstić information content (AvgIpc) is 3.81. The molecule has 0 spiro atoms. The third-order valence-corrected chi connectivity index (χ3v) is 13.0. The summed E-state index contributed by atoms with van der Waals surface area (Å²) >= 11 is 0. The Labute approximate surface area is 400 Å². The number of likely N-dealkylation sites (tertiary alicyclic amines) is 1. The molecule has 2 aromatic heterocycles. The van der Waals surface area contributed by atoms with Gasteiger partial charge in [-0.3, -0.25) is 4.79 Å². The van der Waals surface area contributed by atoms with E-state index >= 15 is 4.39 Å². The summed E-state index contributed by atoms with van der Waals surface area (Å²) < 4.78 is 39.6. The molecule has 4 aliphatic rings. The highest BCUT2D eigenvalue weighted by molar-refractivity contribution is 5.98. The summed E-state index contributed by atoms with van der Waals surface area (Å²) in [5, 5.41) is 29.7. The number of aromatic amines is 2. The quantitative estimate of drug-likeness (QED) is 0.115. The first-order valence-electron chi connectivity index (χ1n) is 22.1. The SMILES string of the molecule is Cc1cc(C)c(-c2nc(C3COC3)[nH]c2C)cc1C(=O)N1CC(F)(c2ccc(C#N)cc2)C1.Cc1cc(C)c(-c2nc(C3COC3)[nH]c2C)cc1C(=O)O.Cl.N#Cc1ccc(C2(F)CNC2)cc1. The molecule has 13 nitrogen and oxygen atoms in total. The van der Waals surface area contributed by atoms with Crippen LogP contribution in [0.2, 0.25) is 0 Å². The fourth-order valence-corrected chi connectivity index (χ4v) is 8.63. The fourth-order valence-electron chi connectivity index (χ4n) is 8.63. The first-order chi connectivity index (χ1) is 32.0. The summed E-state index contributed by atoms with van der Waals surface area (Å²) in [6.45, 7) is 15.1. The zero-order chi connectivity index (χ0) is 47.8. The minimum Gasteiger partial charge on any atom is -0.478 e. The highest BCUT2D eigenvalue weighted by Gasteiger charge is 2.47. The predicted octanol–water partition coefficient (Wildman–Crippen LogP) is 8.87. The predicted molar refractivity (Wildman–Crippen MR) is 254 cm³/mol. The third-order valence-electron chi connectivity index (χ3n) is 13.0. The van der Waals surface area contributed by atoms with Gasteiger partial charge in [0.25, 0.3) is 5.91 Å². The Morgan fingerprint density at radius 1 is 0.662 bits per heavy atom. The third kappa shape index (κ3) is 9.80. The molecule has 0 saturated carbocycles. The van der Waals surface area contributed by atoms with Crippen LogP contribution in [0.25, 0.3) is 22.5 Å². The molecule has 4 N–H and O–H groups in total. The van der Waals surface area contributed by atoms with Crippen LogP contribution in [0, 0.1) is 64.2 Å². The highest BCUT2D eigenvalue weighted by Crippen LogP contribution is 2.39. The monoisotopic (exact) mass is 942 g/mol. The average molecular weight is 943 g/mol. The molecule has 0 atom stereocenters. The van der Waals surface area contributed by atoms with E-state index < -0.39 is 17.3 Å². The van der Waals surface area contributed by atoms with Crippen molar-refractivity contribution in [2.45, 2.75) is 64.7 Å². The second-order valence-corrected chi connectivity index (χ2v) is 18.0. The van der Waals surface area contributed by atoms with Crippen LogP contribution in [0.15, 0.2) is 72.8 Å². The molecule has 352 valence electrons. The maximum absolute atomic E-state index is 15.4. The topological polar surface area (TPSA) is 193 Å². The molecule has 0 aliphatic carbocycles. The molecular weight excluding hydrogens is 890 g/mol. The Balaban J connectivity index is 0.000000167. The van der Waals surface area contributed by atoms with Crippen molar-refractivity contribution in [3.8, 4) is 34.7 Å². The van der Waals surface area contributed by atoms with E-state index in [0.717, 1.165) is 67.8 Å². The molecule has 0 unspecified atom stereocenters. The molecule has 16 heteroatoms. The number of carboxylic acid groups (broad SMARTS) is 1. The number of nitriles is 2. The number of aryl methyl sites for hydroxylation is 6. The van der Waals surface area contributed by atoms with Gasteiger partial charge in [0.2, 0.25) is 0 Å². The van der Waals surface area contributed by atoms with E-state index in [2.05, 4.69) is 20.3 Å². The maximum Gasteiger partial charge on any atom is 0.335 e. The van der Waals surface area contributed by atoms with E-state index in [9.17, 15) is 19.1 Å². The maximum atomic E-state index is 15.4. The number of rotatable bonds is 8. The van der Waals surface area contributed by atoms with Crippen LogP contribution in [-0.2, 0) is 20.8 Å². The Morgan fingerprint density at radius 2 is 1.07 bits per heavy atom. The first-order valence-corrected chi connectivity index (χ1v) is 22.1. The molecule has 6 heterocycles. The molecule has 4 fully saturated rings. The van der Waals surface area contributed by atoms with Gasteiger partial charge in [0.05, 0.1) is 91.6 Å². The normalized spacial score (nSPS) is 16.6. The number of nitrogens with one attached hydrogen (secondary N) is 3. The number of carbonyl (C=O) groups is 2. The van der Waals surface area contributed by atoms with Crippen LogP contribution in [0.5, 0.6) is 0 Å². The Kier molecular flexibility index (Phi) is 14.3. The number of carbonyl (C=O) groups excluding carboxylic acids is 1. The van der Waals surface area contributed by atoms with E-state index in [1.807, 2.05) is 71.9 Å². The lowest BCUT2D eigenvalue weighted by molar-refractivity contribution is -0.0231. The minimum atomic E-state index is -1.59. The first kappa shape index (κ1) is 49.2. The molecular formula is C52H53ClF2N8O5. The van der Waals surface area contributed by atoms with Crippen molar-refractivity contribution in [2.75, 3.05) is 52.6 Å². The fraction of sp³-hybridized carbons (Fsp3) is 0.346. The lowest BCUT2D eigenvalue weighted by Gasteiger charge is -2.45. The lowest BCUT2D eigenvalue weighted by Crippen LogP contribution is -2.58. The van der Waals surface area contributed by atoms with Crippen LogP contribution in [-0.4, -0.2) is 94.4 Å². The van der Waals surface area contributed by atoms with Gasteiger partial charge in [-0.2, -0.15) is 10.5 Å². The number of carboxylic acids is 1. The molecule has 4 aromatic carbocycles. The van der Waals surface area contributed by atoms with Gasteiger partial charge in [-0.1, -0.05) is 36.4 Å². The van der Waals surface area contributed by atoms with Crippen molar-refractivity contribution < 1.29 is 33.0 Å². The van der Waals surface area contributed by atoms with Gasteiger partial charge in [-0.15, -0.1) is 12.4 Å². The Hall–Kier alpha value is -6.75. The minimum absolute atomic E-state index is 0. The van der Waals surface area contributed by atoms with Crippen molar-refractivity contribution in [3.05, 3.63) is 151 Å². The van der Waals surface area contributed by atoms with Crippen molar-refractivity contribution in [1.29, 1.82) is 10.5 Å². The van der Waals surface area contributed by atoms with E-state index in [4.69, 9.17) is 25.0 Å². The number of hydrogen-bond donors (Lipinski definition) is 4. The van der Waals surface area contributed by atoms with Gasteiger partial charge >= 0.3 is 5.97 Å². The molecule has 4 saturated heterocycles. The molecule has 1 amide bonds. The second kappa shape index (κ2) is 19.8. The number of hydrogen-bond acceptors (Lipinski definition) is 9. The summed E-state index contributed by atoms with van der Waals surface area (Å²) in [5.74, 6) is 1.35. The molecule has 0 bridgehead atoms. The zero-order valence-corrected chi connectivity index (χ0v) is 39.5. The van der Waals surface area contributed by atoms with Crippen LogP contribution in [0.1, 0.15) is 100 Å². The van der Waals surface area contributed by atoms with Crippen molar-refractivity contribution in [3.63, 3.8) is 0 Å². The number of alkyl halides is 2. The van der Waals surface area contributed by atoms with Crippen LogP contribution in [0.4, 0.5) is 8.78 Å². The number of halogens is 3. The molecule has 10 rings (SSSR count). The number of ether oxygens (including phenoxy) is 2. The van der Waals surface area contributed by atoms with Crippen molar-refractivity contribution in [2.24, 2.45) is 0 Å². The van der Waals surface area contributed by atoms with Crippen molar-refractivity contribution >= 4 is 24.3 Å². The van der Waals surface area contributed by atoms with E-state index in [1.54, 1.807) is 54.6 Å². The van der Waals surface area contributed by atoms with Gasteiger partial charge in [-0.05, 0) is 111 Å². The second-order valence-electron chi connectivity index (χ2n) is 18.0. The van der Waals surface area contributed by atoms with E-state index in [0.29, 0.717) is 78.8 Å². The van der Waals surface area contributed by atoms with E-state index in [1.165, 1.54) is 4.90 Å². The number of benzene rings is 4. The molecule has 0 radical (unpaired) electrons. The zero-order valence-electron chi connectivity index (χ0n) is 38.7. The van der Waals surface area contributed by atoms with E-state index in [-0.39, 0.29) is 37.3 Å². The molecule has 68 heavy (non-hydrogen) atoms.